The van der Waals surface area contributed by atoms with Crippen LogP contribution in [0.5, 0.6) is 0 Å². The lowest BCUT2D eigenvalue weighted by molar-refractivity contribution is -0.160. The molecule has 0 saturated carbocycles. The molecule has 1 aliphatic rings. The van der Waals surface area contributed by atoms with E-state index in [9.17, 15) is 14.4 Å². The highest BCUT2D eigenvalue weighted by molar-refractivity contribution is 5.83. The smallest absolute Gasteiger partial charge is 0.411 e. The van der Waals surface area contributed by atoms with Crippen molar-refractivity contribution in [1.82, 2.24) is 10.2 Å². The quantitative estimate of drug-likeness (QED) is 0.492. The molecule has 7 nitrogen and oxygen atoms in total. The van der Waals surface area contributed by atoms with Crippen LogP contribution in [-0.2, 0) is 19.1 Å². The van der Waals surface area contributed by atoms with Crippen LogP contribution in [0.4, 0.5) is 4.79 Å². The van der Waals surface area contributed by atoms with Crippen LogP contribution in [-0.4, -0.2) is 52.7 Å². The minimum atomic E-state index is -0.731. The second-order valence-corrected chi connectivity index (χ2v) is 10.1. The third-order valence-corrected chi connectivity index (χ3v) is 5.06. The Kier molecular flexibility index (Phi) is 8.93. The summed E-state index contributed by atoms with van der Waals surface area (Å²) in [7, 11) is 0. The van der Waals surface area contributed by atoms with Gasteiger partial charge in [0.2, 0.25) is 5.91 Å². The molecular weight excluding hydrogens is 384 g/mol. The van der Waals surface area contributed by atoms with Crippen molar-refractivity contribution in [3.63, 3.8) is 0 Å². The number of carbonyl (C=O) groups excluding carboxylic acids is 3. The van der Waals surface area contributed by atoms with Gasteiger partial charge >= 0.3 is 12.1 Å². The zero-order valence-corrected chi connectivity index (χ0v) is 19.9. The van der Waals surface area contributed by atoms with E-state index < -0.39 is 29.3 Å². The lowest BCUT2D eigenvalue weighted by Crippen LogP contribution is -2.50. The molecule has 4 atom stereocenters. The molecule has 1 aliphatic heterocycles. The average Bonchev–Trinajstić information content (AvgIpc) is 2.93. The minimum absolute atomic E-state index is 0.0681. The summed E-state index contributed by atoms with van der Waals surface area (Å²) in [5.41, 5.74) is -1.34. The molecule has 0 bridgehead atoms. The van der Waals surface area contributed by atoms with E-state index in [1.54, 1.807) is 52.5 Å². The third kappa shape index (κ3) is 8.00. The van der Waals surface area contributed by atoms with E-state index >= 15 is 0 Å². The highest BCUT2D eigenvalue weighted by Crippen LogP contribution is 2.37. The number of amides is 2. The van der Waals surface area contributed by atoms with Crippen LogP contribution >= 0.6 is 0 Å². The van der Waals surface area contributed by atoms with Crippen LogP contribution in [0.1, 0.15) is 74.7 Å². The number of likely N-dealkylation sites (tertiary alicyclic amines) is 1. The molecule has 0 radical (unpaired) electrons. The molecule has 1 fully saturated rings. The minimum Gasteiger partial charge on any atom is -0.458 e. The van der Waals surface area contributed by atoms with E-state index in [1.807, 2.05) is 6.92 Å². The zero-order chi connectivity index (χ0) is 23.3. The molecule has 1 rings (SSSR count). The standard InChI is InChI=1S/C23H40N2O5/c1-10-16(14-24-15(3)26)12-18-17(11-2)13-19(20(27)29-22(4,5)6)25(18)21(28)30-23(7,8)9/h11,16-19H,2,10,12-14H2,1,3-9H3,(H,24,26)/t16?,17-,18+,19+/m0/s1. The highest BCUT2D eigenvalue weighted by atomic mass is 16.6. The largest absolute Gasteiger partial charge is 0.458 e. The molecule has 1 N–H and O–H groups in total. The first-order chi connectivity index (χ1) is 13.7. The predicted molar refractivity (Wildman–Crippen MR) is 117 cm³/mol. The van der Waals surface area contributed by atoms with Gasteiger partial charge in [-0.25, -0.2) is 9.59 Å². The van der Waals surface area contributed by atoms with Crippen molar-refractivity contribution in [2.75, 3.05) is 6.54 Å². The maximum absolute atomic E-state index is 13.1. The number of ether oxygens (including phenoxy) is 2. The van der Waals surface area contributed by atoms with Gasteiger partial charge < -0.3 is 14.8 Å². The van der Waals surface area contributed by atoms with Crippen molar-refractivity contribution in [2.24, 2.45) is 11.8 Å². The molecule has 0 aliphatic carbocycles. The van der Waals surface area contributed by atoms with Crippen molar-refractivity contribution in [3.8, 4) is 0 Å². The topological polar surface area (TPSA) is 84.9 Å². The summed E-state index contributed by atoms with van der Waals surface area (Å²) < 4.78 is 11.2. The fraction of sp³-hybridized carbons (Fsp3) is 0.783. The van der Waals surface area contributed by atoms with Crippen molar-refractivity contribution in [1.29, 1.82) is 0 Å². The molecule has 30 heavy (non-hydrogen) atoms. The summed E-state index contributed by atoms with van der Waals surface area (Å²) in [6, 6.07) is -0.987. The molecule has 1 unspecified atom stereocenters. The third-order valence-electron chi connectivity index (χ3n) is 5.06. The Morgan fingerprint density at radius 1 is 1.13 bits per heavy atom. The van der Waals surface area contributed by atoms with Crippen LogP contribution in [0.25, 0.3) is 0 Å². The maximum atomic E-state index is 13.1. The summed E-state index contributed by atoms with van der Waals surface area (Å²) in [6.45, 7) is 18.8. The fourth-order valence-electron chi connectivity index (χ4n) is 3.69. The number of nitrogens with one attached hydrogen (secondary N) is 1. The van der Waals surface area contributed by atoms with E-state index in [2.05, 4.69) is 11.9 Å². The summed E-state index contributed by atoms with van der Waals surface area (Å²) in [5, 5.41) is 2.86. The van der Waals surface area contributed by atoms with Crippen molar-refractivity contribution < 1.29 is 23.9 Å². The van der Waals surface area contributed by atoms with E-state index in [0.717, 1.165) is 6.42 Å². The average molecular weight is 425 g/mol. The Balaban J connectivity index is 3.21. The molecule has 7 heteroatoms. The number of hydrogen-bond acceptors (Lipinski definition) is 5. The summed E-state index contributed by atoms with van der Waals surface area (Å²) >= 11 is 0. The van der Waals surface area contributed by atoms with Gasteiger partial charge in [0.05, 0.1) is 0 Å². The molecule has 2 amide bonds. The Morgan fingerprint density at radius 2 is 1.70 bits per heavy atom. The van der Waals surface area contributed by atoms with Gasteiger partial charge in [-0.3, -0.25) is 9.69 Å². The van der Waals surface area contributed by atoms with Crippen molar-refractivity contribution >= 4 is 18.0 Å². The summed E-state index contributed by atoms with van der Waals surface area (Å²) in [6.07, 6.45) is 3.18. The van der Waals surface area contributed by atoms with Gasteiger partial charge in [-0.15, -0.1) is 6.58 Å². The van der Waals surface area contributed by atoms with E-state index in [1.165, 1.54) is 6.92 Å². The van der Waals surface area contributed by atoms with Gasteiger partial charge in [-0.1, -0.05) is 19.4 Å². The number of hydrogen-bond donors (Lipinski definition) is 1. The second kappa shape index (κ2) is 10.3. The predicted octanol–water partition coefficient (Wildman–Crippen LogP) is 4.06. The van der Waals surface area contributed by atoms with Gasteiger partial charge in [0, 0.05) is 19.5 Å². The van der Waals surface area contributed by atoms with Gasteiger partial charge in [0.15, 0.2) is 0 Å². The van der Waals surface area contributed by atoms with E-state index in [-0.39, 0.29) is 23.8 Å². The molecule has 0 aromatic carbocycles. The fourth-order valence-corrected chi connectivity index (χ4v) is 3.69. The number of rotatable bonds is 7. The highest BCUT2D eigenvalue weighted by Gasteiger charge is 2.49. The molecule has 1 saturated heterocycles. The number of nitrogens with zero attached hydrogens (tertiary/aromatic N) is 1. The van der Waals surface area contributed by atoms with E-state index in [4.69, 9.17) is 9.47 Å². The Morgan fingerprint density at radius 3 is 2.13 bits per heavy atom. The van der Waals surface area contributed by atoms with Gasteiger partial charge in [-0.05, 0) is 66.2 Å². The van der Waals surface area contributed by atoms with Gasteiger partial charge in [0.1, 0.15) is 17.2 Å². The lowest BCUT2D eigenvalue weighted by Gasteiger charge is -2.35. The first kappa shape index (κ1) is 26.0. The number of esters is 1. The SMILES string of the molecule is C=C[C@H]1C[C@H](C(=O)OC(C)(C)C)N(C(=O)OC(C)(C)C)[C@@H]1CC(CC)CNC(C)=O. The molecule has 0 spiro atoms. The Hall–Kier alpha value is -2.05. The first-order valence-electron chi connectivity index (χ1n) is 10.8. The Bertz CT molecular complexity index is 632. The van der Waals surface area contributed by atoms with Crippen molar-refractivity contribution in [2.45, 2.75) is 97.9 Å². The van der Waals surface area contributed by atoms with Gasteiger partial charge in [-0.2, -0.15) is 0 Å². The summed E-state index contributed by atoms with van der Waals surface area (Å²) in [5.74, 6) is -0.432. The van der Waals surface area contributed by atoms with Crippen LogP contribution < -0.4 is 5.32 Å². The van der Waals surface area contributed by atoms with Gasteiger partial charge in [0.25, 0.3) is 0 Å². The zero-order valence-electron chi connectivity index (χ0n) is 19.9. The monoisotopic (exact) mass is 424 g/mol. The maximum Gasteiger partial charge on any atom is 0.411 e. The Labute approximate surface area is 181 Å². The molecule has 0 aromatic heterocycles. The lowest BCUT2D eigenvalue weighted by atomic mass is 9.89. The first-order valence-corrected chi connectivity index (χ1v) is 10.8. The summed E-state index contributed by atoms with van der Waals surface area (Å²) in [4.78, 5) is 39.0. The molecule has 1 heterocycles. The van der Waals surface area contributed by atoms with Crippen LogP contribution in [0.15, 0.2) is 12.7 Å². The van der Waals surface area contributed by atoms with Crippen molar-refractivity contribution in [3.05, 3.63) is 12.7 Å². The van der Waals surface area contributed by atoms with Crippen LogP contribution in [0.3, 0.4) is 0 Å². The molecular formula is C23H40N2O5. The van der Waals surface area contributed by atoms with Crippen LogP contribution in [0, 0.1) is 11.8 Å². The normalized spacial score (nSPS) is 22.9. The number of carbonyl (C=O) groups is 3. The molecule has 0 aromatic rings. The van der Waals surface area contributed by atoms with Crippen LogP contribution in [0.2, 0.25) is 0 Å². The van der Waals surface area contributed by atoms with E-state index in [0.29, 0.717) is 19.4 Å². The molecule has 172 valence electrons. The second-order valence-electron chi connectivity index (χ2n) is 10.1.